The zero-order valence-electron chi connectivity index (χ0n) is 11.9. The fraction of sp³-hybridized carbons (Fsp3) is 0.846. The van der Waals surface area contributed by atoms with Gasteiger partial charge in [0.15, 0.2) is 5.41 Å². The summed E-state index contributed by atoms with van der Waals surface area (Å²) in [7, 11) is 0. The summed E-state index contributed by atoms with van der Waals surface area (Å²) in [5.41, 5.74) is -1.42. The predicted octanol–water partition coefficient (Wildman–Crippen LogP) is 1.93. The Hall–Kier alpha value is -1.10. The summed E-state index contributed by atoms with van der Waals surface area (Å²) >= 11 is 0. The van der Waals surface area contributed by atoms with Gasteiger partial charge in [-0.15, -0.1) is 0 Å². The van der Waals surface area contributed by atoms with E-state index in [1.165, 1.54) is 6.92 Å². The van der Waals surface area contributed by atoms with Crippen molar-refractivity contribution in [2.45, 2.75) is 47.1 Å². The average molecular weight is 260 g/mol. The molecular weight excluding hydrogens is 236 g/mol. The first-order valence-corrected chi connectivity index (χ1v) is 6.41. The minimum Gasteiger partial charge on any atom is -0.465 e. The molecule has 0 heterocycles. The smallest absolute Gasteiger partial charge is 0.325 e. The number of rotatable bonds is 8. The molecule has 1 unspecified atom stereocenters. The molecule has 0 radical (unpaired) electrons. The van der Waals surface area contributed by atoms with Gasteiger partial charge in [-0.25, -0.2) is 0 Å². The lowest BCUT2D eigenvalue weighted by Crippen LogP contribution is -2.48. The third kappa shape index (κ3) is 3.98. The van der Waals surface area contributed by atoms with Crippen LogP contribution in [-0.4, -0.2) is 37.9 Å². The highest BCUT2D eigenvalue weighted by Crippen LogP contribution is 2.28. The van der Waals surface area contributed by atoms with E-state index >= 15 is 0 Å². The maximum absolute atomic E-state index is 12.0. The van der Waals surface area contributed by atoms with E-state index in [4.69, 9.17) is 14.2 Å². The van der Waals surface area contributed by atoms with E-state index in [2.05, 4.69) is 0 Å². The lowest BCUT2D eigenvalue weighted by molar-refractivity contribution is -0.181. The molecule has 1 atom stereocenters. The quantitative estimate of drug-likeness (QED) is 0.493. The summed E-state index contributed by atoms with van der Waals surface area (Å²) in [6, 6.07) is 0. The standard InChI is InChI=1S/C13H24O5/c1-6-9-18-10(4)13(5,11(14)16-7-2)12(15)17-8-3/h10H,6-9H2,1-5H3. The Balaban J connectivity index is 5.00. The van der Waals surface area contributed by atoms with Crippen molar-refractivity contribution in [2.75, 3.05) is 19.8 Å². The summed E-state index contributed by atoms with van der Waals surface area (Å²) < 4.78 is 15.4. The summed E-state index contributed by atoms with van der Waals surface area (Å²) in [5, 5.41) is 0. The second-order valence-corrected chi connectivity index (χ2v) is 4.16. The normalized spacial score (nSPS) is 12.9. The molecule has 0 N–H and O–H groups in total. The van der Waals surface area contributed by atoms with E-state index in [0.29, 0.717) is 6.61 Å². The summed E-state index contributed by atoms with van der Waals surface area (Å²) in [6.45, 7) is 9.45. The van der Waals surface area contributed by atoms with Crippen molar-refractivity contribution in [3.63, 3.8) is 0 Å². The molecule has 106 valence electrons. The number of ether oxygens (including phenoxy) is 3. The molecule has 0 aliphatic heterocycles. The fourth-order valence-corrected chi connectivity index (χ4v) is 1.44. The van der Waals surface area contributed by atoms with Crippen LogP contribution in [0.15, 0.2) is 0 Å². The van der Waals surface area contributed by atoms with Gasteiger partial charge in [0.2, 0.25) is 0 Å². The summed E-state index contributed by atoms with van der Waals surface area (Å²) in [5.74, 6) is -1.21. The number of esters is 2. The minimum absolute atomic E-state index is 0.217. The summed E-state index contributed by atoms with van der Waals surface area (Å²) in [4.78, 5) is 24.0. The maximum Gasteiger partial charge on any atom is 0.325 e. The highest BCUT2D eigenvalue weighted by atomic mass is 16.6. The predicted molar refractivity (Wildman–Crippen MR) is 67.1 cm³/mol. The second kappa shape index (κ2) is 8.08. The average Bonchev–Trinajstić information content (AvgIpc) is 2.35. The first kappa shape index (κ1) is 16.9. The van der Waals surface area contributed by atoms with Gasteiger partial charge in [0, 0.05) is 6.61 Å². The molecule has 0 bridgehead atoms. The molecule has 0 aromatic carbocycles. The molecule has 0 amide bonds. The van der Waals surface area contributed by atoms with E-state index in [1.54, 1.807) is 20.8 Å². The van der Waals surface area contributed by atoms with E-state index in [1.807, 2.05) is 6.92 Å². The Labute approximate surface area is 109 Å². The monoisotopic (exact) mass is 260 g/mol. The third-order valence-corrected chi connectivity index (χ3v) is 2.78. The highest BCUT2D eigenvalue weighted by molar-refractivity contribution is 6.00. The van der Waals surface area contributed by atoms with Gasteiger partial charge < -0.3 is 14.2 Å². The molecule has 0 aliphatic carbocycles. The molecule has 0 aromatic rings. The van der Waals surface area contributed by atoms with Crippen molar-refractivity contribution in [3.05, 3.63) is 0 Å². The van der Waals surface area contributed by atoms with Crippen LogP contribution in [0.4, 0.5) is 0 Å². The van der Waals surface area contributed by atoms with Crippen LogP contribution >= 0.6 is 0 Å². The number of hydrogen-bond acceptors (Lipinski definition) is 5. The molecule has 18 heavy (non-hydrogen) atoms. The van der Waals surface area contributed by atoms with Crippen LogP contribution in [0.25, 0.3) is 0 Å². The second-order valence-electron chi connectivity index (χ2n) is 4.16. The Morgan fingerprint density at radius 3 is 1.83 bits per heavy atom. The fourth-order valence-electron chi connectivity index (χ4n) is 1.44. The van der Waals surface area contributed by atoms with Gasteiger partial charge in [0.05, 0.1) is 19.3 Å². The van der Waals surface area contributed by atoms with Crippen molar-refractivity contribution in [3.8, 4) is 0 Å². The van der Waals surface area contributed by atoms with Crippen LogP contribution < -0.4 is 0 Å². The van der Waals surface area contributed by atoms with Crippen molar-refractivity contribution in [1.29, 1.82) is 0 Å². The number of carbonyl (C=O) groups is 2. The molecule has 0 saturated carbocycles. The zero-order valence-corrected chi connectivity index (χ0v) is 11.9. The Morgan fingerprint density at radius 1 is 1.06 bits per heavy atom. The van der Waals surface area contributed by atoms with Crippen molar-refractivity contribution >= 4 is 11.9 Å². The van der Waals surface area contributed by atoms with Gasteiger partial charge in [-0.2, -0.15) is 0 Å². The Morgan fingerprint density at radius 2 is 1.50 bits per heavy atom. The topological polar surface area (TPSA) is 61.8 Å². The highest BCUT2D eigenvalue weighted by Gasteiger charge is 2.49. The molecule has 0 spiro atoms. The van der Waals surface area contributed by atoms with Crippen molar-refractivity contribution in [2.24, 2.45) is 5.41 Å². The van der Waals surface area contributed by atoms with E-state index in [0.717, 1.165) is 6.42 Å². The first-order valence-electron chi connectivity index (χ1n) is 6.41. The maximum atomic E-state index is 12.0. The van der Waals surface area contributed by atoms with Crippen LogP contribution in [0.3, 0.4) is 0 Å². The van der Waals surface area contributed by atoms with E-state index < -0.39 is 23.5 Å². The number of hydrogen-bond donors (Lipinski definition) is 0. The van der Waals surface area contributed by atoms with Crippen molar-refractivity contribution < 1.29 is 23.8 Å². The number of carbonyl (C=O) groups excluding carboxylic acids is 2. The van der Waals surface area contributed by atoms with Gasteiger partial charge in [-0.05, 0) is 34.1 Å². The summed E-state index contributed by atoms with van der Waals surface area (Å²) in [6.07, 6.45) is 0.224. The van der Waals surface area contributed by atoms with E-state index in [-0.39, 0.29) is 13.2 Å². The van der Waals surface area contributed by atoms with Crippen LogP contribution in [0.5, 0.6) is 0 Å². The molecule has 5 nitrogen and oxygen atoms in total. The van der Waals surface area contributed by atoms with Gasteiger partial charge in [0.25, 0.3) is 0 Å². The van der Waals surface area contributed by atoms with Gasteiger partial charge >= 0.3 is 11.9 Å². The van der Waals surface area contributed by atoms with Crippen LogP contribution in [0.2, 0.25) is 0 Å². The van der Waals surface area contributed by atoms with Gasteiger partial charge in [-0.1, -0.05) is 6.92 Å². The lowest BCUT2D eigenvalue weighted by atomic mass is 9.85. The van der Waals surface area contributed by atoms with Gasteiger partial charge in [0.1, 0.15) is 0 Å². The van der Waals surface area contributed by atoms with Crippen LogP contribution in [0.1, 0.15) is 41.0 Å². The molecule has 0 aromatic heterocycles. The molecular formula is C13H24O5. The Bertz CT molecular complexity index is 257. The molecule has 0 fully saturated rings. The Kier molecular flexibility index (Phi) is 7.59. The SMILES string of the molecule is CCCOC(C)C(C)(C(=O)OCC)C(=O)OCC. The zero-order chi connectivity index (χ0) is 14.2. The van der Waals surface area contributed by atoms with Gasteiger partial charge in [-0.3, -0.25) is 9.59 Å². The molecule has 5 heteroatoms. The van der Waals surface area contributed by atoms with Crippen LogP contribution in [0, 0.1) is 5.41 Å². The molecule has 0 saturated heterocycles. The van der Waals surface area contributed by atoms with Crippen molar-refractivity contribution in [1.82, 2.24) is 0 Å². The molecule has 0 rings (SSSR count). The third-order valence-electron chi connectivity index (χ3n) is 2.78. The van der Waals surface area contributed by atoms with E-state index in [9.17, 15) is 9.59 Å². The lowest BCUT2D eigenvalue weighted by Gasteiger charge is -2.30. The first-order chi connectivity index (χ1) is 8.44. The van der Waals surface area contributed by atoms with Crippen LogP contribution in [-0.2, 0) is 23.8 Å². The molecule has 0 aliphatic rings. The minimum atomic E-state index is -1.42. The largest absolute Gasteiger partial charge is 0.465 e.